The summed E-state index contributed by atoms with van der Waals surface area (Å²) in [5, 5.41) is 6.18. The van der Waals surface area contributed by atoms with Crippen molar-refractivity contribution >= 4 is 5.91 Å². The van der Waals surface area contributed by atoms with Crippen LogP contribution in [0.15, 0.2) is 0 Å². The summed E-state index contributed by atoms with van der Waals surface area (Å²) >= 11 is 0. The normalized spacial score (nSPS) is 26.9. The number of carbonyl (C=O) groups excluding carboxylic acids is 1. The molecule has 0 bridgehead atoms. The van der Waals surface area contributed by atoms with Crippen LogP contribution in [0.1, 0.15) is 40.0 Å². The molecule has 0 aliphatic heterocycles. The first kappa shape index (κ1) is 11.5. The van der Waals surface area contributed by atoms with Crippen molar-refractivity contribution < 1.29 is 4.79 Å². The maximum absolute atomic E-state index is 11.3. The molecule has 2 unspecified atom stereocenters. The maximum atomic E-state index is 11.3. The van der Waals surface area contributed by atoms with E-state index in [-0.39, 0.29) is 11.9 Å². The largest absolute Gasteiger partial charge is 0.353 e. The molecule has 1 aliphatic rings. The molecule has 1 fully saturated rings. The lowest BCUT2D eigenvalue weighted by molar-refractivity contribution is -0.120. The van der Waals surface area contributed by atoms with Gasteiger partial charge in [0, 0.05) is 12.1 Å². The van der Waals surface area contributed by atoms with Crippen molar-refractivity contribution in [2.24, 2.45) is 5.92 Å². The van der Waals surface area contributed by atoms with Gasteiger partial charge >= 0.3 is 0 Å². The maximum Gasteiger partial charge on any atom is 0.234 e. The Kier molecular flexibility index (Phi) is 4.39. The van der Waals surface area contributed by atoms with Gasteiger partial charge in [-0.1, -0.05) is 6.92 Å². The average Bonchev–Trinajstić information content (AvgIpc) is 2.47. The zero-order valence-corrected chi connectivity index (χ0v) is 9.47. The molecule has 0 heterocycles. The quantitative estimate of drug-likeness (QED) is 0.714. The molecule has 82 valence electrons. The van der Waals surface area contributed by atoms with Gasteiger partial charge in [-0.3, -0.25) is 4.79 Å². The first-order valence-electron chi connectivity index (χ1n) is 5.60. The summed E-state index contributed by atoms with van der Waals surface area (Å²) in [5.41, 5.74) is 0. The SMILES string of the molecule is CC1CCC(NCC(=O)NC(C)C)C1. The Balaban J connectivity index is 2.11. The molecule has 0 saturated heterocycles. The molecule has 3 heteroatoms. The number of nitrogens with one attached hydrogen (secondary N) is 2. The zero-order valence-electron chi connectivity index (χ0n) is 9.47. The minimum Gasteiger partial charge on any atom is -0.353 e. The van der Waals surface area contributed by atoms with Gasteiger partial charge in [0.1, 0.15) is 0 Å². The highest BCUT2D eigenvalue weighted by molar-refractivity contribution is 5.78. The van der Waals surface area contributed by atoms with Crippen LogP contribution >= 0.6 is 0 Å². The van der Waals surface area contributed by atoms with Crippen molar-refractivity contribution in [1.82, 2.24) is 10.6 Å². The van der Waals surface area contributed by atoms with E-state index >= 15 is 0 Å². The fraction of sp³-hybridized carbons (Fsp3) is 0.909. The second-order valence-corrected chi connectivity index (χ2v) is 4.72. The third-order valence-electron chi connectivity index (χ3n) is 2.70. The Morgan fingerprint density at radius 3 is 2.64 bits per heavy atom. The monoisotopic (exact) mass is 198 g/mol. The smallest absolute Gasteiger partial charge is 0.234 e. The topological polar surface area (TPSA) is 41.1 Å². The Bertz CT molecular complexity index is 192. The highest BCUT2D eigenvalue weighted by atomic mass is 16.1. The molecule has 0 aromatic rings. The van der Waals surface area contributed by atoms with Gasteiger partial charge in [-0.05, 0) is 39.0 Å². The second-order valence-electron chi connectivity index (χ2n) is 4.72. The number of amides is 1. The van der Waals surface area contributed by atoms with Crippen LogP contribution in [0.5, 0.6) is 0 Å². The van der Waals surface area contributed by atoms with Crippen molar-refractivity contribution in [2.45, 2.75) is 52.1 Å². The van der Waals surface area contributed by atoms with Gasteiger partial charge in [-0.25, -0.2) is 0 Å². The van der Waals surface area contributed by atoms with E-state index in [1.807, 2.05) is 13.8 Å². The van der Waals surface area contributed by atoms with Crippen molar-refractivity contribution in [2.75, 3.05) is 6.54 Å². The average molecular weight is 198 g/mol. The standard InChI is InChI=1S/C11H22N2O/c1-8(2)13-11(14)7-12-10-5-4-9(3)6-10/h8-10,12H,4-7H2,1-3H3,(H,13,14). The molecule has 3 nitrogen and oxygen atoms in total. The van der Waals surface area contributed by atoms with Gasteiger partial charge in [0.05, 0.1) is 6.54 Å². The van der Waals surface area contributed by atoms with Crippen molar-refractivity contribution in [3.63, 3.8) is 0 Å². The van der Waals surface area contributed by atoms with Gasteiger partial charge in [-0.15, -0.1) is 0 Å². The van der Waals surface area contributed by atoms with E-state index in [0.29, 0.717) is 12.6 Å². The van der Waals surface area contributed by atoms with Crippen LogP contribution in [0.4, 0.5) is 0 Å². The lowest BCUT2D eigenvalue weighted by atomic mass is 10.1. The van der Waals surface area contributed by atoms with Gasteiger partial charge < -0.3 is 10.6 Å². The molecule has 0 aromatic carbocycles. The van der Waals surface area contributed by atoms with E-state index < -0.39 is 0 Å². The molecule has 0 radical (unpaired) electrons. The lowest BCUT2D eigenvalue weighted by Crippen LogP contribution is -2.40. The van der Waals surface area contributed by atoms with E-state index in [4.69, 9.17) is 0 Å². The first-order valence-corrected chi connectivity index (χ1v) is 5.60. The van der Waals surface area contributed by atoms with Gasteiger partial charge in [0.15, 0.2) is 0 Å². The Hall–Kier alpha value is -0.570. The summed E-state index contributed by atoms with van der Waals surface area (Å²) in [6.07, 6.45) is 3.73. The van der Waals surface area contributed by atoms with Crippen LogP contribution < -0.4 is 10.6 Å². The number of carbonyl (C=O) groups is 1. The third-order valence-corrected chi connectivity index (χ3v) is 2.70. The minimum absolute atomic E-state index is 0.111. The summed E-state index contributed by atoms with van der Waals surface area (Å²) in [6.45, 7) is 6.70. The predicted molar refractivity (Wildman–Crippen MR) is 58.1 cm³/mol. The molecule has 0 aromatic heterocycles. The fourth-order valence-electron chi connectivity index (χ4n) is 2.00. The molecule has 2 N–H and O–H groups in total. The molecular formula is C11H22N2O. The Labute approximate surface area is 86.6 Å². The number of hydrogen-bond acceptors (Lipinski definition) is 2. The summed E-state index contributed by atoms with van der Waals surface area (Å²) in [4.78, 5) is 11.3. The van der Waals surface area contributed by atoms with Crippen LogP contribution in [-0.2, 0) is 4.79 Å². The van der Waals surface area contributed by atoms with Crippen LogP contribution in [0.25, 0.3) is 0 Å². The number of rotatable bonds is 4. The summed E-state index contributed by atoms with van der Waals surface area (Å²) in [5.74, 6) is 0.931. The first-order chi connectivity index (χ1) is 6.58. The van der Waals surface area contributed by atoms with Gasteiger partial charge in [0.2, 0.25) is 5.91 Å². The molecule has 1 rings (SSSR count). The van der Waals surface area contributed by atoms with Crippen molar-refractivity contribution in [3.8, 4) is 0 Å². The van der Waals surface area contributed by atoms with Gasteiger partial charge in [-0.2, -0.15) is 0 Å². The molecular weight excluding hydrogens is 176 g/mol. The summed E-state index contributed by atoms with van der Waals surface area (Å²) in [6, 6.07) is 0.801. The van der Waals surface area contributed by atoms with E-state index in [0.717, 1.165) is 5.92 Å². The molecule has 14 heavy (non-hydrogen) atoms. The van der Waals surface area contributed by atoms with E-state index in [9.17, 15) is 4.79 Å². The second kappa shape index (κ2) is 5.35. The Morgan fingerprint density at radius 2 is 2.14 bits per heavy atom. The van der Waals surface area contributed by atoms with E-state index in [1.54, 1.807) is 0 Å². The van der Waals surface area contributed by atoms with Crippen LogP contribution in [0.2, 0.25) is 0 Å². The van der Waals surface area contributed by atoms with Crippen LogP contribution in [0.3, 0.4) is 0 Å². The van der Waals surface area contributed by atoms with Crippen molar-refractivity contribution in [3.05, 3.63) is 0 Å². The summed E-state index contributed by atoms with van der Waals surface area (Å²) in [7, 11) is 0. The Morgan fingerprint density at radius 1 is 1.43 bits per heavy atom. The zero-order chi connectivity index (χ0) is 10.6. The third kappa shape index (κ3) is 4.09. The van der Waals surface area contributed by atoms with Gasteiger partial charge in [0.25, 0.3) is 0 Å². The minimum atomic E-state index is 0.111. The summed E-state index contributed by atoms with van der Waals surface area (Å²) < 4.78 is 0. The molecule has 1 aliphatic carbocycles. The number of hydrogen-bond donors (Lipinski definition) is 2. The lowest BCUT2D eigenvalue weighted by Gasteiger charge is -2.13. The van der Waals surface area contributed by atoms with E-state index in [2.05, 4.69) is 17.6 Å². The fourth-order valence-corrected chi connectivity index (χ4v) is 2.00. The van der Waals surface area contributed by atoms with E-state index in [1.165, 1.54) is 19.3 Å². The predicted octanol–water partition coefficient (Wildman–Crippen LogP) is 1.29. The van der Waals surface area contributed by atoms with Crippen LogP contribution in [0, 0.1) is 5.92 Å². The molecule has 1 amide bonds. The molecule has 0 spiro atoms. The molecule has 2 atom stereocenters. The highest BCUT2D eigenvalue weighted by Gasteiger charge is 2.21. The van der Waals surface area contributed by atoms with Crippen LogP contribution in [-0.4, -0.2) is 24.5 Å². The van der Waals surface area contributed by atoms with Crippen molar-refractivity contribution in [1.29, 1.82) is 0 Å². The molecule has 1 saturated carbocycles. The highest BCUT2D eigenvalue weighted by Crippen LogP contribution is 2.24.